The van der Waals surface area contributed by atoms with Crippen LogP contribution in [0.2, 0.25) is 0 Å². The van der Waals surface area contributed by atoms with Crippen molar-refractivity contribution in [2.75, 3.05) is 6.50 Å². The van der Waals surface area contributed by atoms with E-state index in [2.05, 4.69) is 0 Å². The highest BCUT2D eigenvalue weighted by Gasteiger charge is 2.49. The van der Waals surface area contributed by atoms with E-state index in [-0.39, 0.29) is 16.7 Å². The quantitative estimate of drug-likeness (QED) is 0.371. The second-order valence-electron chi connectivity index (χ2n) is 9.44. The van der Waals surface area contributed by atoms with E-state index in [1.807, 2.05) is 0 Å². The number of nitrogens with zero attached hydrogens (tertiary/aromatic N) is 1. The Morgan fingerprint density at radius 2 is 1.89 bits per heavy atom. The number of ether oxygens (including phenoxy) is 1. The van der Waals surface area contributed by atoms with Gasteiger partial charge in [0.2, 0.25) is 9.92 Å². The number of halogens is 5. The molecule has 1 aliphatic heterocycles. The van der Waals surface area contributed by atoms with Crippen LogP contribution in [0.25, 0.3) is 11.1 Å². The van der Waals surface area contributed by atoms with Gasteiger partial charge < -0.3 is 9.64 Å². The summed E-state index contributed by atoms with van der Waals surface area (Å²) in [4.78, 5) is 25.6. The van der Waals surface area contributed by atoms with Crippen LogP contribution < -0.4 is 4.72 Å². The van der Waals surface area contributed by atoms with Crippen LogP contribution in [0.4, 0.5) is 22.0 Å². The van der Waals surface area contributed by atoms with Crippen molar-refractivity contribution < 1.29 is 43.2 Å². The number of aryl methyl sites for hydroxylation is 1. The average Bonchev–Trinajstić information content (AvgIpc) is 3.00. The minimum Gasteiger partial charge on any atom is -0.450 e. The number of likely N-dealkylation sites (tertiary alicyclic amines) is 1. The molecule has 0 radical (unpaired) electrons. The molecule has 2 aromatic rings. The zero-order valence-corrected chi connectivity index (χ0v) is 21.7. The number of carbonyl (C=O) groups excluding carboxylic acids is 2. The first-order valence-electron chi connectivity index (χ1n) is 12.4. The molecule has 0 bridgehead atoms. The summed E-state index contributed by atoms with van der Waals surface area (Å²) in [7, 11) is -5.51. The zero-order valence-electron chi connectivity index (χ0n) is 22.9. The molecule has 1 fully saturated rings. The van der Waals surface area contributed by atoms with Gasteiger partial charge in [0.05, 0.1) is 6.04 Å². The van der Waals surface area contributed by atoms with E-state index in [9.17, 15) is 31.4 Å². The fourth-order valence-corrected chi connectivity index (χ4v) is 5.06. The van der Waals surface area contributed by atoms with E-state index in [1.54, 1.807) is 11.6 Å². The maximum Gasteiger partial charge on any atom is 0.492 e. The molecule has 0 saturated carbocycles. The standard InChI is InChI=1S/C25H28F5N3O4S/c1-14-10-17(12-18(26)11-14)19-7-5-6-16(22(19)27)13-21-20(32-38(31,36)25(28,29)30)8-9-33(21)23(35)24(3,4)37-15(2)34/h5-7,10-12,20-21H,8-9,13H2,1-4H3,(H2,31,32,36)/t20-,21-,38?/m0/s1/i9D2. The monoisotopic (exact) mass is 563 g/mol. The van der Waals surface area contributed by atoms with Gasteiger partial charge in [-0.3, -0.25) is 9.59 Å². The van der Waals surface area contributed by atoms with E-state index >= 15 is 4.39 Å². The second-order valence-corrected chi connectivity index (χ2v) is 11.2. The Morgan fingerprint density at radius 3 is 2.47 bits per heavy atom. The lowest BCUT2D eigenvalue weighted by Gasteiger charge is -2.34. The van der Waals surface area contributed by atoms with Crippen LogP contribution in [-0.2, 0) is 30.7 Å². The number of alkyl halides is 3. The number of amides is 1. The number of rotatable bonds is 7. The smallest absolute Gasteiger partial charge is 0.450 e. The molecular formula is C25H28F5N3O4S. The SMILES string of the molecule is [2H]C1([2H])C[C@H](NS(=N)(=O)C(F)(F)F)[C@H](Cc2cccc(-c3cc(C)cc(F)c3)c2F)N1C(=O)C(C)(C)OC(C)=O. The number of hydrogen-bond acceptors (Lipinski definition) is 5. The number of nitrogens with one attached hydrogen (secondary N) is 2. The van der Waals surface area contributed by atoms with Crippen LogP contribution in [0.15, 0.2) is 36.4 Å². The molecular weight excluding hydrogens is 533 g/mol. The third-order valence-electron chi connectivity index (χ3n) is 5.91. The Bertz CT molecular complexity index is 1410. The topological polar surface area (TPSA) is 99.6 Å². The van der Waals surface area contributed by atoms with Crippen molar-refractivity contribution in [2.24, 2.45) is 0 Å². The summed E-state index contributed by atoms with van der Waals surface area (Å²) in [6, 6.07) is 4.52. The van der Waals surface area contributed by atoms with E-state index in [1.165, 1.54) is 30.3 Å². The van der Waals surface area contributed by atoms with Crippen molar-refractivity contribution in [3.8, 4) is 11.1 Å². The molecule has 3 atom stereocenters. The molecule has 0 spiro atoms. The Balaban J connectivity index is 2.13. The first-order chi connectivity index (χ1) is 18.2. The maximum atomic E-state index is 15.8. The molecule has 2 N–H and O–H groups in total. The Morgan fingerprint density at radius 1 is 1.24 bits per heavy atom. The molecule has 1 amide bonds. The molecule has 38 heavy (non-hydrogen) atoms. The van der Waals surface area contributed by atoms with Gasteiger partial charge in [-0.2, -0.15) is 13.2 Å². The van der Waals surface area contributed by atoms with E-state index in [0.29, 0.717) is 10.5 Å². The van der Waals surface area contributed by atoms with Crippen molar-refractivity contribution >= 4 is 21.8 Å². The fourth-order valence-electron chi connectivity index (χ4n) is 4.26. The molecule has 1 saturated heterocycles. The van der Waals surface area contributed by atoms with Crippen LogP contribution in [-0.4, -0.2) is 50.7 Å². The fraction of sp³-hybridized carbons (Fsp3) is 0.440. The molecule has 1 aliphatic rings. The zero-order chi connectivity index (χ0) is 30.4. The summed E-state index contributed by atoms with van der Waals surface area (Å²) in [6.07, 6.45) is -1.42. The van der Waals surface area contributed by atoms with Gasteiger partial charge in [0.25, 0.3) is 5.91 Å². The van der Waals surface area contributed by atoms with Crippen LogP contribution in [0.1, 0.15) is 41.1 Å². The van der Waals surface area contributed by atoms with Crippen LogP contribution in [0.3, 0.4) is 0 Å². The molecule has 1 heterocycles. The van der Waals surface area contributed by atoms with Crippen LogP contribution in [0.5, 0.6) is 0 Å². The summed E-state index contributed by atoms with van der Waals surface area (Å²) in [5, 5.41) is 0. The largest absolute Gasteiger partial charge is 0.492 e. The minimum atomic E-state index is -5.53. The summed E-state index contributed by atoms with van der Waals surface area (Å²) < 4.78 is 113. The average molecular weight is 564 g/mol. The number of esters is 1. The Labute approximate surface area is 220 Å². The van der Waals surface area contributed by atoms with Gasteiger partial charge in [0, 0.05) is 27.8 Å². The molecule has 0 aliphatic carbocycles. The number of carbonyl (C=O) groups is 2. The van der Waals surface area contributed by atoms with Gasteiger partial charge >= 0.3 is 11.5 Å². The van der Waals surface area contributed by atoms with Gasteiger partial charge in [-0.1, -0.05) is 24.3 Å². The first kappa shape index (κ1) is 26.5. The summed E-state index contributed by atoms with van der Waals surface area (Å²) in [6.45, 7) is 2.23. The first-order valence-corrected chi connectivity index (χ1v) is 12.9. The minimum absolute atomic E-state index is 0.0525. The van der Waals surface area contributed by atoms with Gasteiger partial charge in [-0.05, 0) is 62.4 Å². The van der Waals surface area contributed by atoms with Crippen molar-refractivity contribution in [3.05, 3.63) is 59.2 Å². The van der Waals surface area contributed by atoms with Gasteiger partial charge in [-0.15, -0.1) is 0 Å². The predicted octanol–water partition coefficient (Wildman–Crippen LogP) is 4.87. The normalized spacial score (nSPS) is 21.9. The van der Waals surface area contributed by atoms with Crippen LogP contribution >= 0.6 is 0 Å². The molecule has 7 nitrogen and oxygen atoms in total. The van der Waals surface area contributed by atoms with E-state index in [0.717, 1.165) is 26.8 Å². The lowest BCUT2D eigenvalue weighted by atomic mass is 9.95. The lowest BCUT2D eigenvalue weighted by molar-refractivity contribution is -0.169. The Kier molecular flexibility index (Phi) is 7.40. The van der Waals surface area contributed by atoms with Gasteiger partial charge in [0.15, 0.2) is 5.60 Å². The van der Waals surface area contributed by atoms with Gasteiger partial charge in [0.1, 0.15) is 11.6 Å². The summed E-state index contributed by atoms with van der Waals surface area (Å²) in [5.74, 6) is -3.55. The number of hydrogen-bond donors (Lipinski definition) is 2. The molecule has 208 valence electrons. The van der Waals surface area contributed by atoms with Crippen molar-refractivity contribution in [3.63, 3.8) is 0 Å². The van der Waals surface area contributed by atoms with E-state index < -0.39 is 76.0 Å². The third-order valence-corrected chi connectivity index (χ3v) is 7.20. The summed E-state index contributed by atoms with van der Waals surface area (Å²) >= 11 is 0. The van der Waals surface area contributed by atoms with E-state index in [4.69, 9.17) is 12.3 Å². The molecule has 1 unspecified atom stereocenters. The van der Waals surface area contributed by atoms with Crippen LogP contribution in [0, 0.1) is 23.3 Å². The van der Waals surface area contributed by atoms with Crippen molar-refractivity contribution in [2.45, 2.75) is 63.7 Å². The number of benzene rings is 2. The predicted molar refractivity (Wildman–Crippen MR) is 130 cm³/mol. The van der Waals surface area contributed by atoms with Gasteiger partial charge in [-0.25, -0.2) is 22.5 Å². The lowest BCUT2D eigenvalue weighted by Crippen LogP contribution is -2.54. The third kappa shape index (κ3) is 6.32. The van der Waals surface area contributed by atoms with Crippen molar-refractivity contribution in [1.29, 1.82) is 4.78 Å². The summed E-state index contributed by atoms with van der Waals surface area (Å²) in [5.41, 5.74) is -7.06. The molecule has 13 heteroatoms. The Hall–Kier alpha value is -3.06. The molecule has 0 aromatic heterocycles. The molecule has 3 rings (SSSR count). The highest BCUT2D eigenvalue weighted by Crippen LogP contribution is 2.32. The maximum absolute atomic E-state index is 15.8. The van der Waals surface area contributed by atoms with Crippen molar-refractivity contribution in [1.82, 2.24) is 9.62 Å². The second kappa shape index (κ2) is 10.6. The molecule has 2 aromatic carbocycles. The highest BCUT2D eigenvalue weighted by molar-refractivity contribution is 7.91. The highest BCUT2D eigenvalue weighted by atomic mass is 32.2.